The zero-order chi connectivity index (χ0) is 14.3. The molecule has 3 rings (SSSR count). The van der Waals surface area contributed by atoms with Crippen molar-refractivity contribution in [2.45, 2.75) is 13.0 Å². The van der Waals surface area contributed by atoms with E-state index in [1.165, 1.54) is 5.56 Å². The number of hydrogen-bond donors (Lipinski definition) is 2. The van der Waals surface area contributed by atoms with Gasteiger partial charge in [-0.15, -0.1) is 11.3 Å². The molecule has 104 valence electrons. The number of furan rings is 1. The lowest BCUT2D eigenvalue weighted by atomic mass is 10.1. The molecular weight excluding hydrogens is 404 g/mol. The van der Waals surface area contributed by atoms with E-state index in [1.54, 1.807) is 11.3 Å². The molecule has 0 spiro atoms. The molecule has 0 aliphatic heterocycles. The van der Waals surface area contributed by atoms with Gasteiger partial charge < -0.3 is 4.42 Å². The summed E-state index contributed by atoms with van der Waals surface area (Å²) >= 11 is 8.66. The van der Waals surface area contributed by atoms with Crippen molar-refractivity contribution < 1.29 is 4.42 Å². The van der Waals surface area contributed by atoms with Gasteiger partial charge in [-0.05, 0) is 63.0 Å². The van der Waals surface area contributed by atoms with Gasteiger partial charge >= 0.3 is 0 Å². The molecule has 1 aromatic carbocycles. The van der Waals surface area contributed by atoms with Crippen molar-refractivity contribution in [3.8, 4) is 0 Å². The van der Waals surface area contributed by atoms with E-state index in [-0.39, 0.29) is 6.04 Å². The maximum absolute atomic E-state index is 5.92. The molecule has 3 nitrogen and oxygen atoms in total. The summed E-state index contributed by atoms with van der Waals surface area (Å²) in [6, 6.07) is 10.0. The molecule has 0 fully saturated rings. The van der Waals surface area contributed by atoms with Crippen LogP contribution in [0.5, 0.6) is 0 Å². The second-order valence-corrected chi connectivity index (χ2v) is 8.32. The highest BCUT2D eigenvalue weighted by molar-refractivity contribution is 9.12. The Hall–Kier alpha value is -0.660. The minimum Gasteiger partial charge on any atom is -0.459 e. The van der Waals surface area contributed by atoms with Gasteiger partial charge in [0.15, 0.2) is 0 Å². The van der Waals surface area contributed by atoms with Gasteiger partial charge in [0, 0.05) is 10.9 Å². The summed E-state index contributed by atoms with van der Waals surface area (Å²) in [5, 5.41) is 1.09. The SMILES string of the molecule is Cc1ccc2oc(C(NN)c3cc(Br)sc3Br)cc2c1. The normalized spacial score (nSPS) is 13.0. The Morgan fingerprint density at radius 3 is 2.70 bits per heavy atom. The average molecular weight is 416 g/mol. The molecule has 6 heteroatoms. The second kappa shape index (κ2) is 5.61. The van der Waals surface area contributed by atoms with Crippen molar-refractivity contribution in [1.29, 1.82) is 0 Å². The lowest BCUT2D eigenvalue weighted by molar-refractivity contribution is 0.477. The summed E-state index contributed by atoms with van der Waals surface area (Å²) in [4.78, 5) is 0. The third kappa shape index (κ3) is 2.58. The number of nitrogens with two attached hydrogens (primary N) is 1. The molecule has 0 saturated heterocycles. The highest BCUT2D eigenvalue weighted by atomic mass is 79.9. The number of hydrogen-bond acceptors (Lipinski definition) is 4. The first kappa shape index (κ1) is 14.3. The number of fused-ring (bicyclic) bond motifs is 1. The van der Waals surface area contributed by atoms with Gasteiger partial charge in [-0.3, -0.25) is 5.84 Å². The van der Waals surface area contributed by atoms with Crippen LogP contribution in [-0.2, 0) is 0 Å². The van der Waals surface area contributed by atoms with E-state index in [9.17, 15) is 0 Å². The average Bonchev–Trinajstić information content (AvgIpc) is 2.94. The Morgan fingerprint density at radius 2 is 2.05 bits per heavy atom. The quantitative estimate of drug-likeness (QED) is 0.473. The zero-order valence-corrected chi connectivity index (χ0v) is 14.6. The van der Waals surface area contributed by atoms with Crippen LogP contribution < -0.4 is 11.3 Å². The zero-order valence-electron chi connectivity index (χ0n) is 10.6. The van der Waals surface area contributed by atoms with Gasteiger partial charge in [-0.1, -0.05) is 11.6 Å². The largest absolute Gasteiger partial charge is 0.459 e. The number of benzene rings is 1. The predicted octanol–water partition coefficient (Wildman–Crippen LogP) is 4.88. The summed E-state index contributed by atoms with van der Waals surface area (Å²) in [7, 11) is 0. The molecular formula is C14H12Br2N2OS. The molecule has 0 aliphatic carbocycles. The van der Waals surface area contributed by atoms with Gasteiger partial charge in [0.1, 0.15) is 17.4 Å². The van der Waals surface area contributed by atoms with E-state index in [4.69, 9.17) is 10.3 Å². The number of nitrogens with one attached hydrogen (secondary N) is 1. The van der Waals surface area contributed by atoms with Crippen LogP contribution in [0.1, 0.15) is 22.9 Å². The molecule has 3 N–H and O–H groups in total. The van der Waals surface area contributed by atoms with E-state index >= 15 is 0 Å². The Kier molecular flexibility index (Phi) is 4.01. The van der Waals surface area contributed by atoms with Crippen molar-refractivity contribution in [2.24, 2.45) is 5.84 Å². The first-order valence-corrected chi connectivity index (χ1v) is 8.39. The molecule has 0 amide bonds. The Bertz CT molecular complexity index is 766. The number of thiophene rings is 1. The summed E-state index contributed by atoms with van der Waals surface area (Å²) in [5.41, 5.74) is 5.96. The van der Waals surface area contributed by atoms with Crippen LogP contribution in [0.3, 0.4) is 0 Å². The van der Waals surface area contributed by atoms with Crippen molar-refractivity contribution in [2.75, 3.05) is 0 Å². The van der Waals surface area contributed by atoms with Gasteiger partial charge in [0.05, 0.1) is 7.57 Å². The highest BCUT2D eigenvalue weighted by Gasteiger charge is 2.21. The molecule has 0 saturated carbocycles. The van der Waals surface area contributed by atoms with Crippen LogP contribution in [0.2, 0.25) is 0 Å². The Labute approximate surface area is 137 Å². The number of aryl methyl sites for hydroxylation is 1. The van der Waals surface area contributed by atoms with E-state index in [1.807, 2.05) is 24.3 Å². The third-order valence-corrected chi connectivity index (χ3v) is 5.52. The standard InChI is InChI=1S/C14H12Br2N2OS/c1-7-2-3-10-8(4-7)5-11(19-10)13(18-17)9-6-12(15)20-14(9)16/h2-6,13,18H,17H2,1H3. The molecule has 1 atom stereocenters. The summed E-state index contributed by atoms with van der Waals surface area (Å²) < 4.78 is 8.00. The predicted molar refractivity (Wildman–Crippen MR) is 89.8 cm³/mol. The van der Waals surface area contributed by atoms with Gasteiger partial charge in [0.25, 0.3) is 0 Å². The molecule has 1 unspecified atom stereocenters. The second-order valence-electron chi connectivity index (χ2n) is 4.57. The van der Waals surface area contributed by atoms with Gasteiger partial charge in [-0.2, -0.15) is 0 Å². The fourth-order valence-electron chi connectivity index (χ4n) is 2.20. The van der Waals surface area contributed by atoms with Crippen LogP contribution in [0.4, 0.5) is 0 Å². The number of halogens is 2. The van der Waals surface area contributed by atoms with Crippen molar-refractivity contribution in [1.82, 2.24) is 5.43 Å². The maximum atomic E-state index is 5.92. The maximum Gasteiger partial charge on any atom is 0.134 e. The fraction of sp³-hybridized carbons (Fsp3) is 0.143. The molecule has 20 heavy (non-hydrogen) atoms. The topological polar surface area (TPSA) is 51.2 Å². The lowest BCUT2D eigenvalue weighted by Crippen LogP contribution is -2.28. The summed E-state index contributed by atoms with van der Waals surface area (Å²) in [5.74, 6) is 6.53. The molecule has 2 heterocycles. The van der Waals surface area contributed by atoms with Crippen LogP contribution >= 0.6 is 43.2 Å². The Balaban J connectivity index is 2.09. The van der Waals surface area contributed by atoms with Crippen LogP contribution in [0, 0.1) is 6.92 Å². The highest BCUT2D eigenvalue weighted by Crippen LogP contribution is 2.38. The van der Waals surface area contributed by atoms with Crippen LogP contribution in [0.25, 0.3) is 11.0 Å². The summed E-state index contributed by atoms with van der Waals surface area (Å²) in [6.07, 6.45) is 0. The van der Waals surface area contributed by atoms with Crippen LogP contribution in [-0.4, -0.2) is 0 Å². The minimum absolute atomic E-state index is 0.181. The minimum atomic E-state index is -0.181. The molecule has 3 aromatic rings. The van der Waals surface area contributed by atoms with Gasteiger partial charge in [0.2, 0.25) is 0 Å². The monoisotopic (exact) mass is 414 g/mol. The Morgan fingerprint density at radius 1 is 1.25 bits per heavy atom. The molecule has 2 aromatic heterocycles. The fourth-order valence-corrected chi connectivity index (χ4v) is 5.10. The van der Waals surface area contributed by atoms with Crippen molar-refractivity contribution in [3.63, 3.8) is 0 Å². The first-order valence-electron chi connectivity index (χ1n) is 5.99. The third-order valence-electron chi connectivity index (χ3n) is 3.14. The van der Waals surface area contributed by atoms with E-state index in [0.717, 1.165) is 29.9 Å². The van der Waals surface area contributed by atoms with E-state index in [2.05, 4.69) is 50.3 Å². The molecule has 0 radical (unpaired) electrons. The first-order chi connectivity index (χ1) is 9.58. The molecule has 0 aliphatic rings. The summed E-state index contributed by atoms with van der Waals surface area (Å²) in [6.45, 7) is 2.07. The van der Waals surface area contributed by atoms with Crippen molar-refractivity contribution >= 4 is 54.2 Å². The van der Waals surface area contributed by atoms with Crippen LogP contribution in [0.15, 0.2) is 42.3 Å². The van der Waals surface area contributed by atoms with E-state index < -0.39 is 0 Å². The lowest BCUT2D eigenvalue weighted by Gasteiger charge is -2.12. The molecule has 0 bridgehead atoms. The van der Waals surface area contributed by atoms with Crippen molar-refractivity contribution in [3.05, 3.63) is 54.8 Å². The van der Waals surface area contributed by atoms with Gasteiger partial charge in [-0.25, -0.2) is 5.43 Å². The smallest absolute Gasteiger partial charge is 0.134 e. The number of hydrazine groups is 1. The number of rotatable bonds is 3. The van der Waals surface area contributed by atoms with E-state index in [0.29, 0.717) is 0 Å².